The number of hydrogen-bond acceptors (Lipinski definition) is 7. The highest BCUT2D eigenvalue weighted by Crippen LogP contribution is 2.41. The molecule has 2 unspecified atom stereocenters. The van der Waals surface area contributed by atoms with E-state index in [1.807, 2.05) is 18.7 Å². The Morgan fingerprint density at radius 3 is 2.73 bits per heavy atom. The molecular weight excluding hydrogens is 479 g/mol. The SMILES string of the molecule is CCN1C[C@H](C)N2C(=C(O)C3C(=O)N4Cc5ccc(F)cc5C(=O)NCCCCCCN=C(N4)C32)C1=O. The smallest absolute Gasteiger partial charge is 0.273 e. The van der Waals surface area contributed by atoms with Gasteiger partial charge in [0.1, 0.15) is 35.1 Å². The van der Waals surface area contributed by atoms with Crippen molar-refractivity contribution >= 4 is 23.6 Å². The minimum Gasteiger partial charge on any atom is -0.509 e. The normalized spacial score (nSPS) is 26.9. The number of aliphatic hydroxyl groups excluding tert-OH is 1. The summed E-state index contributed by atoms with van der Waals surface area (Å²) in [5, 5.41) is 15.4. The summed E-state index contributed by atoms with van der Waals surface area (Å²) < 4.78 is 14.1. The molecule has 3 N–H and O–H groups in total. The number of nitrogens with one attached hydrogen (secondary N) is 2. The van der Waals surface area contributed by atoms with Crippen LogP contribution < -0.4 is 10.7 Å². The van der Waals surface area contributed by atoms with Crippen molar-refractivity contribution in [3.05, 3.63) is 46.6 Å². The zero-order valence-corrected chi connectivity index (χ0v) is 21.2. The highest BCUT2D eigenvalue weighted by atomic mass is 19.1. The van der Waals surface area contributed by atoms with E-state index in [2.05, 4.69) is 10.7 Å². The monoisotopic (exact) mass is 512 g/mol. The van der Waals surface area contributed by atoms with Gasteiger partial charge in [0.15, 0.2) is 0 Å². The zero-order chi connectivity index (χ0) is 26.3. The van der Waals surface area contributed by atoms with Crippen LogP contribution in [0.4, 0.5) is 4.39 Å². The van der Waals surface area contributed by atoms with Gasteiger partial charge in [-0.2, -0.15) is 0 Å². The van der Waals surface area contributed by atoms with Crippen molar-refractivity contribution < 1.29 is 23.9 Å². The van der Waals surface area contributed by atoms with Crippen LogP contribution in [0.3, 0.4) is 0 Å². The Morgan fingerprint density at radius 1 is 1.16 bits per heavy atom. The van der Waals surface area contributed by atoms with Crippen molar-refractivity contribution in [3.8, 4) is 0 Å². The number of hydrazine groups is 1. The van der Waals surface area contributed by atoms with Crippen molar-refractivity contribution in [1.82, 2.24) is 25.6 Å². The van der Waals surface area contributed by atoms with Gasteiger partial charge in [-0.1, -0.05) is 18.9 Å². The number of benzene rings is 1. The average molecular weight is 513 g/mol. The maximum atomic E-state index is 14.1. The van der Waals surface area contributed by atoms with Crippen molar-refractivity contribution in [3.63, 3.8) is 0 Å². The van der Waals surface area contributed by atoms with Gasteiger partial charge < -0.3 is 20.2 Å². The summed E-state index contributed by atoms with van der Waals surface area (Å²) in [4.78, 5) is 48.2. The molecule has 4 aliphatic rings. The molecule has 3 atom stereocenters. The van der Waals surface area contributed by atoms with Gasteiger partial charge in [-0.15, -0.1) is 0 Å². The summed E-state index contributed by atoms with van der Waals surface area (Å²) in [5.74, 6) is -2.44. The maximum absolute atomic E-state index is 14.1. The highest BCUT2D eigenvalue weighted by molar-refractivity contribution is 6.05. The quantitative estimate of drug-likeness (QED) is 0.527. The van der Waals surface area contributed by atoms with E-state index in [0.717, 1.165) is 25.7 Å². The van der Waals surface area contributed by atoms with E-state index in [1.54, 1.807) is 4.90 Å². The molecule has 2 fully saturated rings. The van der Waals surface area contributed by atoms with Gasteiger partial charge >= 0.3 is 0 Å². The van der Waals surface area contributed by atoms with Crippen molar-refractivity contribution in [2.24, 2.45) is 10.9 Å². The number of carbonyl (C=O) groups excluding carboxylic acids is 3. The third kappa shape index (κ3) is 4.40. The van der Waals surface area contributed by atoms with Crippen LogP contribution in [-0.4, -0.2) is 81.7 Å². The van der Waals surface area contributed by atoms with Crippen LogP contribution in [-0.2, 0) is 16.1 Å². The maximum Gasteiger partial charge on any atom is 0.273 e. The third-order valence-electron chi connectivity index (χ3n) is 7.60. The predicted octanol–water partition coefficient (Wildman–Crippen LogP) is 1.70. The summed E-state index contributed by atoms with van der Waals surface area (Å²) >= 11 is 0. The fraction of sp³-hybridized carbons (Fsp3) is 0.538. The first-order valence-corrected chi connectivity index (χ1v) is 13.0. The zero-order valence-electron chi connectivity index (χ0n) is 21.2. The van der Waals surface area contributed by atoms with Gasteiger partial charge in [0.25, 0.3) is 17.7 Å². The second kappa shape index (κ2) is 10.0. The Morgan fingerprint density at radius 2 is 1.95 bits per heavy atom. The van der Waals surface area contributed by atoms with E-state index in [4.69, 9.17) is 4.99 Å². The Kier molecular flexibility index (Phi) is 6.78. The topological polar surface area (TPSA) is 118 Å². The summed E-state index contributed by atoms with van der Waals surface area (Å²) in [6.07, 6.45) is 3.43. The predicted molar refractivity (Wildman–Crippen MR) is 134 cm³/mol. The molecule has 0 aliphatic carbocycles. The van der Waals surface area contributed by atoms with Crippen LogP contribution in [0.15, 0.2) is 34.6 Å². The van der Waals surface area contributed by atoms with E-state index in [0.29, 0.717) is 37.6 Å². The van der Waals surface area contributed by atoms with Gasteiger partial charge in [0.2, 0.25) is 0 Å². The third-order valence-corrected chi connectivity index (χ3v) is 7.60. The Balaban J connectivity index is 1.56. The molecule has 5 rings (SSSR count). The summed E-state index contributed by atoms with van der Waals surface area (Å²) in [6, 6.07) is 3.16. The fourth-order valence-corrected chi connectivity index (χ4v) is 5.73. The number of hydrogen-bond donors (Lipinski definition) is 3. The fourth-order valence-electron chi connectivity index (χ4n) is 5.73. The Labute approximate surface area is 215 Å². The van der Waals surface area contributed by atoms with Crippen molar-refractivity contribution in [2.75, 3.05) is 26.2 Å². The van der Waals surface area contributed by atoms with Crippen LogP contribution in [0, 0.1) is 11.7 Å². The molecule has 4 aliphatic heterocycles. The van der Waals surface area contributed by atoms with Gasteiger partial charge in [-0.25, -0.2) is 4.39 Å². The van der Waals surface area contributed by atoms with Crippen LogP contribution in [0.2, 0.25) is 0 Å². The number of rotatable bonds is 1. The molecule has 11 heteroatoms. The molecule has 1 aromatic rings. The highest BCUT2D eigenvalue weighted by Gasteiger charge is 2.57. The lowest BCUT2D eigenvalue weighted by Gasteiger charge is -2.45. The molecule has 1 aromatic carbocycles. The first-order chi connectivity index (χ1) is 17.8. The molecule has 0 saturated carbocycles. The van der Waals surface area contributed by atoms with E-state index >= 15 is 0 Å². The molecule has 198 valence electrons. The first-order valence-electron chi connectivity index (χ1n) is 13.0. The average Bonchev–Trinajstić information content (AvgIpc) is 3.19. The van der Waals surface area contributed by atoms with Crippen molar-refractivity contribution in [1.29, 1.82) is 0 Å². The summed E-state index contributed by atoms with van der Waals surface area (Å²) in [5.41, 5.74) is 3.89. The number of aliphatic imine (C=N–C) groups is 1. The number of likely N-dealkylation sites (N-methyl/N-ethyl adjacent to an activating group) is 1. The van der Waals surface area contributed by atoms with Crippen LogP contribution >= 0.6 is 0 Å². The molecular formula is C26H33FN6O4. The molecule has 10 nitrogen and oxygen atoms in total. The minimum atomic E-state index is -1.01. The number of nitrogens with zero attached hydrogens (tertiary/aromatic N) is 4. The number of piperazine rings is 1. The van der Waals surface area contributed by atoms with E-state index in [-0.39, 0.29) is 35.5 Å². The molecule has 2 saturated heterocycles. The summed E-state index contributed by atoms with van der Waals surface area (Å²) in [6.45, 7) is 5.79. The second-order valence-corrected chi connectivity index (χ2v) is 10.0. The lowest BCUT2D eigenvalue weighted by atomic mass is 9.94. The molecule has 37 heavy (non-hydrogen) atoms. The minimum absolute atomic E-state index is 0.0443. The Hall–Kier alpha value is -3.63. The molecule has 3 amide bonds. The lowest BCUT2D eigenvalue weighted by molar-refractivity contribution is -0.141. The number of carbonyl (C=O) groups is 3. The van der Waals surface area contributed by atoms with Gasteiger partial charge in [0.05, 0.1) is 6.54 Å². The number of halogens is 1. The number of fused-ring (bicyclic) bond motifs is 7. The molecule has 0 spiro atoms. The van der Waals surface area contributed by atoms with E-state index < -0.39 is 29.6 Å². The molecule has 4 heterocycles. The largest absolute Gasteiger partial charge is 0.509 e. The van der Waals surface area contributed by atoms with Crippen LogP contribution in [0.25, 0.3) is 0 Å². The van der Waals surface area contributed by atoms with Crippen LogP contribution in [0.1, 0.15) is 55.5 Å². The van der Waals surface area contributed by atoms with Crippen molar-refractivity contribution in [2.45, 2.75) is 58.2 Å². The first kappa shape index (κ1) is 25.0. The lowest BCUT2D eigenvalue weighted by Crippen LogP contribution is -2.66. The summed E-state index contributed by atoms with van der Waals surface area (Å²) in [7, 11) is 0. The van der Waals surface area contributed by atoms with Crippen LogP contribution in [0.5, 0.6) is 0 Å². The molecule has 0 radical (unpaired) electrons. The van der Waals surface area contributed by atoms with Gasteiger partial charge in [-0.05, 0) is 44.4 Å². The second-order valence-electron chi connectivity index (χ2n) is 10.0. The van der Waals surface area contributed by atoms with Gasteiger partial charge in [0, 0.05) is 37.8 Å². The Bertz CT molecular complexity index is 1180. The standard InChI is InChI=1S/C26H33FN6O4/c1-3-31-13-15(2)33-20-19(22(34)21(33)26(31)37)25(36)32-14-16-8-9-17(27)12-18(16)24(35)29-11-7-5-4-6-10-28-23(20)30-32/h8-9,12,15,19-20,34H,3-7,10-11,13-14H2,1-2H3,(H,28,30)(H,29,35)/t15-,19?,20?/m0/s1. The molecule has 0 aromatic heterocycles. The number of aliphatic hydroxyl groups is 1. The number of amides is 3. The number of amidine groups is 1. The van der Waals surface area contributed by atoms with E-state index in [1.165, 1.54) is 23.2 Å². The molecule has 2 bridgehead atoms. The van der Waals surface area contributed by atoms with E-state index in [9.17, 15) is 23.9 Å². The van der Waals surface area contributed by atoms with Gasteiger partial charge in [-0.3, -0.25) is 29.8 Å².